The van der Waals surface area contributed by atoms with Crippen LogP contribution in [0.25, 0.3) is 0 Å². The molecule has 3 rings (SSSR count). The Hall–Kier alpha value is -1.41. The summed E-state index contributed by atoms with van der Waals surface area (Å²) in [4.78, 5) is 5.08. The van der Waals surface area contributed by atoms with Gasteiger partial charge in [-0.05, 0) is 54.0 Å². The predicted octanol–water partition coefficient (Wildman–Crippen LogP) is 5.97. The van der Waals surface area contributed by atoms with Crippen LogP contribution in [0.4, 0.5) is 0 Å². The maximum atomic E-state index is 5.08. The Labute approximate surface area is 141 Å². The Bertz CT molecular complexity index is 701. The van der Waals surface area contributed by atoms with Crippen LogP contribution in [0.1, 0.15) is 49.9 Å². The van der Waals surface area contributed by atoms with Gasteiger partial charge in [0.25, 0.3) is 0 Å². The summed E-state index contributed by atoms with van der Waals surface area (Å²) < 4.78 is 1.13. The van der Waals surface area contributed by atoms with Crippen molar-refractivity contribution in [2.45, 2.75) is 39.7 Å². The van der Waals surface area contributed by atoms with Gasteiger partial charge in [-0.25, -0.2) is 0 Å². The summed E-state index contributed by atoms with van der Waals surface area (Å²) >= 11 is 3.60. The second kappa shape index (κ2) is 6.00. The van der Waals surface area contributed by atoms with Crippen molar-refractivity contribution in [3.63, 3.8) is 0 Å². The second-order valence-electron chi connectivity index (χ2n) is 6.98. The lowest BCUT2D eigenvalue weighted by Gasteiger charge is -2.33. The van der Waals surface area contributed by atoms with Crippen LogP contribution in [0.15, 0.2) is 58.0 Å². The van der Waals surface area contributed by atoms with E-state index in [1.54, 1.807) is 0 Å². The fourth-order valence-electron chi connectivity index (χ4n) is 3.25. The third-order valence-corrected chi connectivity index (χ3v) is 4.82. The largest absolute Gasteiger partial charge is 0.281 e. The molecule has 0 N–H and O–H groups in total. The van der Waals surface area contributed by atoms with E-state index < -0.39 is 0 Å². The molecule has 0 aromatic heterocycles. The highest BCUT2D eigenvalue weighted by Gasteiger charge is 2.29. The van der Waals surface area contributed by atoms with Crippen LogP contribution in [0, 0.1) is 5.41 Å². The van der Waals surface area contributed by atoms with Crippen molar-refractivity contribution in [2.75, 3.05) is 0 Å². The molecule has 2 aromatic rings. The number of nitrogens with zero attached hydrogens (tertiary/aromatic N) is 1. The molecule has 114 valence electrons. The molecule has 0 fully saturated rings. The predicted molar refractivity (Wildman–Crippen MR) is 97.6 cm³/mol. The van der Waals surface area contributed by atoms with Gasteiger partial charge >= 0.3 is 0 Å². The van der Waals surface area contributed by atoms with Gasteiger partial charge in [0.15, 0.2) is 0 Å². The Morgan fingerprint density at radius 2 is 1.77 bits per heavy atom. The average molecular weight is 356 g/mol. The number of halogens is 1. The Balaban J connectivity index is 2.02. The molecule has 22 heavy (non-hydrogen) atoms. The molecule has 0 saturated heterocycles. The molecule has 0 saturated carbocycles. The monoisotopic (exact) mass is 355 g/mol. The topological polar surface area (TPSA) is 12.4 Å². The minimum atomic E-state index is 0.192. The van der Waals surface area contributed by atoms with E-state index in [2.05, 4.69) is 85.2 Å². The summed E-state index contributed by atoms with van der Waals surface area (Å²) in [5.41, 5.74) is 5.52. The fourth-order valence-corrected chi connectivity index (χ4v) is 3.61. The normalized spacial score (nSPS) is 19.7. The molecule has 2 aromatic carbocycles. The van der Waals surface area contributed by atoms with Crippen molar-refractivity contribution in [1.29, 1.82) is 0 Å². The molecule has 1 aliphatic rings. The van der Waals surface area contributed by atoms with Crippen LogP contribution in [0.5, 0.6) is 0 Å². The number of aliphatic imine (C=N–C) groups is 1. The molecule has 0 radical (unpaired) electrons. The van der Waals surface area contributed by atoms with E-state index in [-0.39, 0.29) is 11.5 Å². The van der Waals surface area contributed by atoms with Crippen LogP contribution >= 0.6 is 15.9 Å². The van der Waals surface area contributed by atoms with Crippen molar-refractivity contribution >= 4 is 21.6 Å². The molecular weight excluding hydrogens is 334 g/mol. The van der Waals surface area contributed by atoms with E-state index in [0.29, 0.717) is 0 Å². The van der Waals surface area contributed by atoms with Crippen LogP contribution in [0.2, 0.25) is 0 Å². The minimum Gasteiger partial charge on any atom is -0.281 e. The zero-order valence-corrected chi connectivity index (χ0v) is 15.0. The molecule has 1 unspecified atom stereocenters. The van der Waals surface area contributed by atoms with Crippen molar-refractivity contribution in [3.05, 3.63) is 69.7 Å². The molecule has 0 spiro atoms. The summed E-state index contributed by atoms with van der Waals surface area (Å²) in [7, 11) is 0. The SMILES string of the molecule is CC(/N=C1\CC(C)(C)Cc2ccc(Br)cc21)c1ccccc1. The summed E-state index contributed by atoms with van der Waals surface area (Å²) in [6.45, 7) is 6.85. The zero-order valence-electron chi connectivity index (χ0n) is 13.4. The summed E-state index contributed by atoms with van der Waals surface area (Å²) in [5.74, 6) is 0. The first-order valence-corrected chi connectivity index (χ1v) is 8.64. The molecule has 0 aliphatic heterocycles. The molecule has 1 nitrogen and oxygen atoms in total. The van der Waals surface area contributed by atoms with Gasteiger partial charge in [-0.1, -0.05) is 66.2 Å². The maximum absolute atomic E-state index is 5.08. The first-order chi connectivity index (χ1) is 10.4. The number of benzene rings is 2. The summed E-state index contributed by atoms with van der Waals surface area (Å²) in [6.07, 6.45) is 2.15. The van der Waals surface area contributed by atoms with Crippen molar-refractivity contribution in [1.82, 2.24) is 0 Å². The lowest BCUT2D eigenvalue weighted by Crippen LogP contribution is -2.27. The van der Waals surface area contributed by atoms with Crippen molar-refractivity contribution in [3.8, 4) is 0 Å². The number of hydrogen-bond acceptors (Lipinski definition) is 1. The van der Waals surface area contributed by atoms with Gasteiger partial charge in [0.05, 0.1) is 6.04 Å². The van der Waals surface area contributed by atoms with Crippen molar-refractivity contribution < 1.29 is 0 Å². The van der Waals surface area contributed by atoms with Gasteiger partial charge in [0, 0.05) is 10.2 Å². The van der Waals surface area contributed by atoms with Crippen LogP contribution < -0.4 is 0 Å². The van der Waals surface area contributed by atoms with Gasteiger partial charge in [0.1, 0.15) is 0 Å². The highest BCUT2D eigenvalue weighted by molar-refractivity contribution is 9.10. The van der Waals surface area contributed by atoms with E-state index in [9.17, 15) is 0 Å². The Kier molecular flexibility index (Phi) is 4.22. The molecule has 1 atom stereocenters. The standard InChI is InChI=1S/C20H22BrN/c1-14(15-7-5-4-6-8-15)22-19-13-20(2,3)12-16-9-10-17(21)11-18(16)19/h4-11,14H,12-13H2,1-3H3/b22-19+. The zero-order chi connectivity index (χ0) is 15.7. The van der Waals surface area contributed by atoms with Crippen molar-refractivity contribution in [2.24, 2.45) is 10.4 Å². The first-order valence-electron chi connectivity index (χ1n) is 7.85. The lowest BCUT2D eigenvalue weighted by atomic mass is 9.73. The molecule has 0 bridgehead atoms. The highest BCUT2D eigenvalue weighted by Crippen LogP contribution is 2.37. The van der Waals surface area contributed by atoms with E-state index in [4.69, 9.17) is 4.99 Å². The Morgan fingerprint density at radius 1 is 1.05 bits per heavy atom. The molecular formula is C20H22BrN. The number of fused-ring (bicyclic) bond motifs is 1. The third-order valence-electron chi connectivity index (χ3n) is 4.33. The van der Waals surface area contributed by atoms with Crippen LogP contribution in [-0.4, -0.2) is 5.71 Å². The van der Waals surface area contributed by atoms with E-state index >= 15 is 0 Å². The smallest absolute Gasteiger partial charge is 0.0724 e. The second-order valence-corrected chi connectivity index (χ2v) is 7.90. The lowest BCUT2D eigenvalue weighted by molar-refractivity contribution is 0.372. The first kappa shape index (κ1) is 15.5. The number of rotatable bonds is 2. The van der Waals surface area contributed by atoms with E-state index in [0.717, 1.165) is 17.3 Å². The molecule has 0 amide bonds. The van der Waals surface area contributed by atoms with Gasteiger partial charge in [-0.3, -0.25) is 4.99 Å². The maximum Gasteiger partial charge on any atom is 0.0724 e. The van der Waals surface area contributed by atoms with Crippen LogP contribution in [-0.2, 0) is 6.42 Å². The summed E-state index contributed by atoms with van der Waals surface area (Å²) in [6, 6.07) is 17.3. The molecule has 0 heterocycles. The fraction of sp³-hybridized carbons (Fsp3) is 0.350. The van der Waals surface area contributed by atoms with Gasteiger partial charge in [-0.15, -0.1) is 0 Å². The summed E-state index contributed by atoms with van der Waals surface area (Å²) in [5, 5.41) is 0. The minimum absolute atomic E-state index is 0.192. The third kappa shape index (κ3) is 3.33. The van der Waals surface area contributed by atoms with Gasteiger partial charge in [-0.2, -0.15) is 0 Å². The quantitative estimate of drug-likeness (QED) is 0.628. The number of hydrogen-bond donors (Lipinski definition) is 0. The van der Waals surface area contributed by atoms with Gasteiger partial charge < -0.3 is 0 Å². The molecule has 1 aliphatic carbocycles. The Morgan fingerprint density at radius 3 is 2.50 bits per heavy atom. The average Bonchev–Trinajstić information content (AvgIpc) is 2.48. The van der Waals surface area contributed by atoms with E-state index in [1.165, 1.54) is 22.4 Å². The van der Waals surface area contributed by atoms with E-state index in [1.807, 2.05) is 0 Å². The van der Waals surface area contributed by atoms with Gasteiger partial charge in [0.2, 0.25) is 0 Å². The van der Waals surface area contributed by atoms with Crippen LogP contribution in [0.3, 0.4) is 0 Å². The highest BCUT2D eigenvalue weighted by atomic mass is 79.9. The molecule has 2 heteroatoms.